The molecule has 1 unspecified atom stereocenters. The lowest BCUT2D eigenvalue weighted by molar-refractivity contribution is -0.138. The molecule has 0 aliphatic heterocycles. The fourth-order valence-corrected chi connectivity index (χ4v) is 2.87. The van der Waals surface area contributed by atoms with Crippen molar-refractivity contribution in [1.82, 2.24) is 5.32 Å². The van der Waals surface area contributed by atoms with Crippen LogP contribution in [-0.4, -0.2) is 17.6 Å². The van der Waals surface area contributed by atoms with E-state index in [9.17, 15) is 4.79 Å². The van der Waals surface area contributed by atoms with E-state index in [-0.39, 0.29) is 0 Å². The molecule has 0 heterocycles. The first kappa shape index (κ1) is 15.0. The van der Waals surface area contributed by atoms with Gasteiger partial charge in [0.15, 0.2) is 0 Å². The van der Waals surface area contributed by atoms with Crippen molar-refractivity contribution in [1.29, 1.82) is 0 Å². The Labute approximate surface area is 121 Å². The summed E-state index contributed by atoms with van der Waals surface area (Å²) in [4.78, 5) is 10.9. The molecule has 1 fully saturated rings. The van der Waals surface area contributed by atoms with Crippen LogP contribution in [0.4, 0.5) is 0 Å². The van der Waals surface area contributed by atoms with Gasteiger partial charge in [-0.25, -0.2) is 0 Å². The van der Waals surface area contributed by atoms with Crippen LogP contribution in [-0.2, 0) is 11.3 Å². The number of hydrogen-bond donors (Lipinski definition) is 2. The molecule has 1 saturated carbocycles. The molecular weight excluding hydrogens is 250 g/mol. The maximum Gasteiger partial charge on any atom is 0.310 e. The SMILES string of the molecule is CCC1(CNCc2ccc(C(C)C(=O)O)cc2)CCC1. The van der Waals surface area contributed by atoms with Crippen molar-refractivity contribution < 1.29 is 9.90 Å². The van der Waals surface area contributed by atoms with Gasteiger partial charge < -0.3 is 10.4 Å². The number of benzene rings is 1. The van der Waals surface area contributed by atoms with E-state index in [0.29, 0.717) is 5.41 Å². The van der Waals surface area contributed by atoms with Crippen molar-refractivity contribution in [2.45, 2.75) is 52.0 Å². The first-order chi connectivity index (χ1) is 9.56. The molecule has 1 aromatic carbocycles. The second kappa shape index (κ2) is 6.40. The Hall–Kier alpha value is -1.35. The molecule has 1 atom stereocenters. The summed E-state index contributed by atoms with van der Waals surface area (Å²) in [6.07, 6.45) is 5.34. The van der Waals surface area contributed by atoms with Crippen LogP contribution in [0.25, 0.3) is 0 Å². The Morgan fingerprint density at radius 2 is 2.00 bits per heavy atom. The molecule has 3 nitrogen and oxygen atoms in total. The fraction of sp³-hybridized carbons (Fsp3) is 0.588. The maximum atomic E-state index is 10.9. The average molecular weight is 275 g/mol. The molecule has 0 saturated heterocycles. The number of carboxylic acid groups (broad SMARTS) is 1. The van der Waals surface area contributed by atoms with Crippen LogP contribution in [0.1, 0.15) is 56.6 Å². The molecule has 2 rings (SSSR count). The number of carbonyl (C=O) groups is 1. The topological polar surface area (TPSA) is 49.3 Å². The van der Waals surface area contributed by atoms with Crippen LogP contribution in [0, 0.1) is 5.41 Å². The van der Waals surface area contributed by atoms with Crippen molar-refractivity contribution in [3.63, 3.8) is 0 Å². The van der Waals surface area contributed by atoms with Gasteiger partial charge in [0.2, 0.25) is 0 Å². The largest absolute Gasteiger partial charge is 0.481 e. The van der Waals surface area contributed by atoms with Crippen LogP contribution in [0.2, 0.25) is 0 Å². The molecule has 0 radical (unpaired) electrons. The van der Waals surface area contributed by atoms with E-state index >= 15 is 0 Å². The van der Waals surface area contributed by atoms with Crippen molar-refractivity contribution in [2.24, 2.45) is 5.41 Å². The third kappa shape index (κ3) is 3.40. The molecule has 0 spiro atoms. The summed E-state index contributed by atoms with van der Waals surface area (Å²) in [5.74, 6) is -1.21. The van der Waals surface area contributed by atoms with Crippen LogP contribution in [0.5, 0.6) is 0 Å². The smallest absolute Gasteiger partial charge is 0.310 e. The van der Waals surface area contributed by atoms with E-state index in [1.54, 1.807) is 6.92 Å². The minimum atomic E-state index is -0.772. The zero-order chi connectivity index (χ0) is 14.6. The van der Waals surface area contributed by atoms with Crippen LogP contribution in [0.15, 0.2) is 24.3 Å². The molecule has 1 aliphatic carbocycles. The second-order valence-corrected chi connectivity index (χ2v) is 6.11. The summed E-state index contributed by atoms with van der Waals surface area (Å²) in [5.41, 5.74) is 2.62. The molecule has 0 amide bonds. The van der Waals surface area contributed by atoms with E-state index in [0.717, 1.165) is 18.7 Å². The average Bonchev–Trinajstić information content (AvgIpc) is 2.41. The first-order valence-corrected chi connectivity index (χ1v) is 7.59. The normalized spacial score (nSPS) is 18.3. The summed E-state index contributed by atoms with van der Waals surface area (Å²) >= 11 is 0. The molecule has 110 valence electrons. The molecule has 1 aromatic rings. The summed E-state index contributed by atoms with van der Waals surface area (Å²) < 4.78 is 0. The van der Waals surface area contributed by atoms with Gasteiger partial charge in [-0.05, 0) is 42.7 Å². The summed E-state index contributed by atoms with van der Waals surface area (Å²) in [7, 11) is 0. The molecule has 3 heteroatoms. The van der Waals surface area contributed by atoms with Gasteiger partial charge in [0.05, 0.1) is 5.92 Å². The quantitative estimate of drug-likeness (QED) is 0.800. The van der Waals surface area contributed by atoms with Crippen LogP contribution in [0.3, 0.4) is 0 Å². The van der Waals surface area contributed by atoms with Gasteiger partial charge in [0.1, 0.15) is 0 Å². The molecule has 2 N–H and O–H groups in total. The lowest BCUT2D eigenvalue weighted by atomic mass is 9.67. The maximum absolute atomic E-state index is 10.9. The van der Waals surface area contributed by atoms with Gasteiger partial charge in [0.25, 0.3) is 0 Å². The Bertz CT molecular complexity index is 443. The fourth-order valence-electron chi connectivity index (χ4n) is 2.87. The predicted octanol–water partition coefficient (Wildman–Crippen LogP) is 3.54. The zero-order valence-corrected chi connectivity index (χ0v) is 12.5. The Kier molecular flexibility index (Phi) is 4.81. The number of hydrogen-bond acceptors (Lipinski definition) is 2. The summed E-state index contributed by atoms with van der Waals surface area (Å²) in [5, 5.41) is 12.5. The summed E-state index contributed by atoms with van der Waals surface area (Å²) in [6.45, 7) is 5.96. The Morgan fingerprint density at radius 3 is 2.45 bits per heavy atom. The van der Waals surface area contributed by atoms with Crippen molar-refractivity contribution in [3.05, 3.63) is 35.4 Å². The van der Waals surface area contributed by atoms with Crippen molar-refractivity contribution >= 4 is 5.97 Å². The highest BCUT2D eigenvalue weighted by Crippen LogP contribution is 2.43. The van der Waals surface area contributed by atoms with Gasteiger partial charge in [-0.1, -0.05) is 37.6 Å². The lowest BCUT2D eigenvalue weighted by Crippen LogP contribution is -2.39. The van der Waals surface area contributed by atoms with Gasteiger partial charge in [-0.15, -0.1) is 0 Å². The van der Waals surface area contributed by atoms with Gasteiger partial charge >= 0.3 is 5.97 Å². The third-order valence-electron chi connectivity index (χ3n) is 4.84. The number of nitrogens with one attached hydrogen (secondary N) is 1. The molecule has 20 heavy (non-hydrogen) atoms. The molecular formula is C17H25NO2. The van der Waals surface area contributed by atoms with E-state index < -0.39 is 11.9 Å². The predicted molar refractivity (Wildman–Crippen MR) is 80.8 cm³/mol. The summed E-state index contributed by atoms with van der Waals surface area (Å²) in [6, 6.07) is 7.91. The minimum absolute atomic E-state index is 0.435. The van der Waals surface area contributed by atoms with Gasteiger partial charge in [-0.3, -0.25) is 4.79 Å². The number of aliphatic carboxylic acids is 1. The standard InChI is InChI=1S/C17H25NO2/c1-3-17(9-4-10-17)12-18-11-14-5-7-15(8-6-14)13(2)16(19)20/h5-8,13,18H,3-4,9-12H2,1-2H3,(H,19,20). The Balaban J connectivity index is 1.83. The highest BCUT2D eigenvalue weighted by molar-refractivity contribution is 5.75. The van der Waals surface area contributed by atoms with Crippen LogP contribution < -0.4 is 5.32 Å². The van der Waals surface area contributed by atoms with Crippen molar-refractivity contribution in [2.75, 3.05) is 6.54 Å². The number of carboxylic acids is 1. The van der Waals surface area contributed by atoms with E-state index in [2.05, 4.69) is 12.2 Å². The van der Waals surface area contributed by atoms with Crippen molar-refractivity contribution in [3.8, 4) is 0 Å². The highest BCUT2D eigenvalue weighted by Gasteiger charge is 2.34. The first-order valence-electron chi connectivity index (χ1n) is 7.59. The number of rotatable bonds is 7. The van der Waals surface area contributed by atoms with Gasteiger partial charge in [-0.2, -0.15) is 0 Å². The lowest BCUT2D eigenvalue weighted by Gasteiger charge is -2.41. The molecule has 0 aromatic heterocycles. The van der Waals surface area contributed by atoms with E-state index in [4.69, 9.17) is 5.11 Å². The van der Waals surface area contributed by atoms with Gasteiger partial charge in [0, 0.05) is 13.1 Å². The molecule has 1 aliphatic rings. The van der Waals surface area contributed by atoms with E-state index in [1.807, 2.05) is 24.3 Å². The highest BCUT2D eigenvalue weighted by atomic mass is 16.4. The Morgan fingerprint density at radius 1 is 1.35 bits per heavy atom. The van der Waals surface area contributed by atoms with E-state index in [1.165, 1.54) is 31.2 Å². The zero-order valence-electron chi connectivity index (χ0n) is 12.5. The molecule has 0 bridgehead atoms. The third-order valence-corrected chi connectivity index (χ3v) is 4.84. The second-order valence-electron chi connectivity index (χ2n) is 6.11. The monoisotopic (exact) mass is 275 g/mol. The van der Waals surface area contributed by atoms with Crippen LogP contribution >= 0.6 is 0 Å². The minimum Gasteiger partial charge on any atom is -0.481 e.